The quantitative estimate of drug-likeness (QED) is 0.779. The zero-order chi connectivity index (χ0) is 18.5. The van der Waals surface area contributed by atoms with Crippen molar-refractivity contribution in [2.45, 2.75) is 46.0 Å². The number of halogens is 1. The predicted octanol–water partition coefficient (Wildman–Crippen LogP) is 4.09. The van der Waals surface area contributed by atoms with E-state index in [0.29, 0.717) is 23.8 Å². The summed E-state index contributed by atoms with van der Waals surface area (Å²) in [4.78, 5) is 19.0. The molecule has 2 aromatic rings. The van der Waals surface area contributed by atoms with Crippen LogP contribution in [0.4, 0.5) is 4.39 Å². The number of hydrogen-bond donors (Lipinski definition) is 0. The molecule has 1 saturated heterocycles. The number of benzene rings is 1. The van der Waals surface area contributed by atoms with E-state index in [1.54, 1.807) is 18.2 Å². The molecule has 26 heavy (non-hydrogen) atoms. The van der Waals surface area contributed by atoms with E-state index >= 15 is 0 Å². The first-order valence-electron chi connectivity index (χ1n) is 9.48. The van der Waals surface area contributed by atoms with Crippen LogP contribution >= 0.6 is 0 Å². The van der Waals surface area contributed by atoms with Gasteiger partial charge in [0.05, 0.1) is 5.56 Å². The van der Waals surface area contributed by atoms with Crippen molar-refractivity contribution in [3.05, 3.63) is 36.0 Å². The van der Waals surface area contributed by atoms with Crippen molar-refractivity contribution in [1.82, 2.24) is 15.0 Å². The van der Waals surface area contributed by atoms with E-state index in [-0.39, 0.29) is 23.5 Å². The Morgan fingerprint density at radius 1 is 1.35 bits per heavy atom. The molecule has 1 unspecified atom stereocenters. The van der Waals surface area contributed by atoms with Crippen LogP contribution in [0.25, 0.3) is 11.4 Å². The molecular weight excluding hydrogens is 333 g/mol. The molecule has 1 amide bonds. The van der Waals surface area contributed by atoms with E-state index in [1.165, 1.54) is 6.07 Å². The fourth-order valence-electron chi connectivity index (χ4n) is 3.66. The lowest BCUT2D eigenvalue weighted by Crippen LogP contribution is -2.43. The maximum atomic E-state index is 13.9. The van der Waals surface area contributed by atoms with E-state index in [9.17, 15) is 9.18 Å². The smallest absolute Gasteiger partial charge is 0.227 e. The molecule has 5 nitrogen and oxygen atoms in total. The number of likely N-dealkylation sites (tertiary alicyclic amines) is 1. The van der Waals surface area contributed by atoms with Crippen molar-refractivity contribution in [1.29, 1.82) is 0 Å². The van der Waals surface area contributed by atoms with Gasteiger partial charge in [0.15, 0.2) is 0 Å². The first-order valence-corrected chi connectivity index (χ1v) is 9.48. The molecule has 6 heteroatoms. The number of amides is 1. The third-order valence-corrected chi connectivity index (χ3v) is 5.21. The second-order valence-corrected chi connectivity index (χ2v) is 7.00. The van der Waals surface area contributed by atoms with Gasteiger partial charge in [0, 0.05) is 25.4 Å². The largest absolute Gasteiger partial charge is 0.342 e. The molecule has 140 valence electrons. The van der Waals surface area contributed by atoms with Crippen LogP contribution in [-0.4, -0.2) is 34.0 Å². The molecule has 0 N–H and O–H groups in total. The fourth-order valence-corrected chi connectivity index (χ4v) is 3.66. The van der Waals surface area contributed by atoms with Gasteiger partial charge in [0.2, 0.25) is 17.6 Å². The Labute approximate surface area is 153 Å². The van der Waals surface area contributed by atoms with Crippen LogP contribution in [0.3, 0.4) is 0 Å². The minimum absolute atomic E-state index is 0.116. The lowest BCUT2D eigenvalue weighted by atomic mass is 9.92. The molecule has 0 bridgehead atoms. The maximum Gasteiger partial charge on any atom is 0.227 e. The standard InChI is InChI=1S/C20H26FN3O2/c1-3-15(4-2)20(25)24-11-7-8-14(13-24)12-18-22-19(23-26-18)16-9-5-6-10-17(16)21/h5-6,9-10,14-15H,3-4,7-8,11-13H2,1-2H3. The zero-order valence-corrected chi connectivity index (χ0v) is 15.4. The molecule has 0 spiro atoms. The number of hydrogen-bond acceptors (Lipinski definition) is 4. The predicted molar refractivity (Wildman–Crippen MR) is 96.8 cm³/mol. The summed E-state index contributed by atoms with van der Waals surface area (Å²) in [5.74, 6) is 1.10. The van der Waals surface area contributed by atoms with Gasteiger partial charge in [0.25, 0.3) is 0 Å². The monoisotopic (exact) mass is 359 g/mol. The number of carbonyl (C=O) groups is 1. The summed E-state index contributed by atoms with van der Waals surface area (Å²) in [7, 11) is 0. The van der Waals surface area contributed by atoms with Gasteiger partial charge < -0.3 is 9.42 Å². The summed E-state index contributed by atoms with van der Waals surface area (Å²) in [6, 6.07) is 6.40. The number of rotatable bonds is 6. The molecule has 1 fully saturated rings. The van der Waals surface area contributed by atoms with Gasteiger partial charge in [-0.2, -0.15) is 4.98 Å². The van der Waals surface area contributed by atoms with Crippen molar-refractivity contribution in [2.75, 3.05) is 13.1 Å². The van der Waals surface area contributed by atoms with Gasteiger partial charge in [-0.25, -0.2) is 4.39 Å². The zero-order valence-electron chi connectivity index (χ0n) is 15.4. The Kier molecular flexibility index (Phi) is 6.01. The Hall–Kier alpha value is -2.24. The van der Waals surface area contributed by atoms with Gasteiger partial charge in [-0.1, -0.05) is 31.1 Å². The lowest BCUT2D eigenvalue weighted by Gasteiger charge is -2.34. The molecule has 1 aromatic heterocycles. The fraction of sp³-hybridized carbons (Fsp3) is 0.550. The molecule has 1 atom stereocenters. The summed E-state index contributed by atoms with van der Waals surface area (Å²) < 4.78 is 19.2. The molecule has 1 aromatic carbocycles. The summed E-state index contributed by atoms with van der Waals surface area (Å²) in [5.41, 5.74) is 0.344. The average Bonchev–Trinajstić information content (AvgIpc) is 3.11. The van der Waals surface area contributed by atoms with Gasteiger partial charge >= 0.3 is 0 Å². The number of piperidine rings is 1. The SMILES string of the molecule is CCC(CC)C(=O)N1CCCC(Cc2nc(-c3ccccc3F)no2)C1. The third-order valence-electron chi connectivity index (χ3n) is 5.21. The lowest BCUT2D eigenvalue weighted by molar-refractivity contribution is -0.137. The van der Waals surface area contributed by atoms with Crippen LogP contribution in [-0.2, 0) is 11.2 Å². The maximum absolute atomic E-state index is 13.9. The highest BCUT2D eigenvalue weighted by atomic mass is 19.1. The minimum atomic E-state index is -0.362. The van der Waals surface area contributed by atoms with Crippen molar-refractivity contribution in [3.8, 4) is 11.4 Å². The van der Waals surface area contributed by atoms with Gasteiger partial charge in [-0.05, 0) is 43.7 Å². The molecule has 1 aliphatic rings. The molecule has 0 radical (unpaired) electrons. The molecule has 3 rings (SSSR count). The van der Waals surface area contributed by atoms with Crippen LogP contribution in [0.15, 0.2) is 28.8 Å². The average molecular weight is 359 g/mol. The van der Waals surface area contributed by atoms with Gasteiger partial charge in [0.1, 0.15) is 5.82 Å². The van der Waals surface area contributed by atoms with Crippen LogP contribution < -0.4 is 0 Å². The summed E-state index contributed by atoms with van der Waals surface area (Å²) in [6.07, 6.45) is 4.40. The summed E-state index contributed by atoms with van der Waals surface area (Å²) in [6.45, 7) is 5.69. The van der Waals surface area contributed by atoms with E-state index in [1.807, 2.05) is 4.90 Å². The second kappa shape index (κ2) is 8.43. The Morgan fingerprint density at radius 2 is 2.12 bits per heavy atom. The molecule has 1 aliphatic heterocycles. The van der Waals surface area contributed by atoms with Crippen molar-refractivity contribution in [2.24, 2.45) is 11.8 Å². The van der Waals surface area contributed by atoms with Crippen LogP contribution in [0, 0.1) is 17.7 Å². The summed E-state index contributed by atoms with van der Waals surface area (Å²) in [5, 5.41) is 3.92. The second-order valence-electron chi connectivity index (χ2n) is 7.00. The first kappa shape index (κ1) is 18.5. The van der Waals surface area contributed by atoms with Crippen molar-refractivity contribution < 1.29 is 13.7 Å². The molecular formula is C20H26FN3O2. The number of carbonyl (C=O) groups excluding carboxylic acids is 1. The first-order chi connectivity index (χ1) is 12.6. The highest BCUT2D eigenvalue weighted by molar-refractivity contribution is 5.78. The highest BCUT2D eigenvalue weighted by Crippen LogP contribution is 2.25. The Morgan fingerprint density at radius 3 is 2.85 bits per heavy atom. The third kappa shape index (κ3) is 4.11. The van der Waals surface area contributed by atoms with E-state index in [2.05, 4.69) is 24.0 Å². The van der Waals surface area contributed by atoms with Crippen molar-refractivity contribution in [3.63, 3.8) is 0 Å². The van der Waals surface area contributed by atoms with E-state index < -0.39 is 0 Å². The van der Waals surface area contributed by atoms with Crippen LogP contribution in [0.1, 0.15) is 45.4 Å². The molecule has 2 heterocycles. The van der Waals surface area contributed by atoms with Crippen LogP contribution in [0.2, 0.25) is 0 Å². The topological polar surface area (TPSA) is 59.2 Å². The molecule has 0 saturated carbocycles. The van der Waals surface area contributed by atoms with E-state index in [4.69, 9.17) is 4.52 Å². The Balaban J connectivity index is 1.64. The highest BCUT2D eigenvalue weighted by Gasteiger charge is 2.28. The molecule has 0 aliphatic carbocycles. The number of nitrogens with zero attached hydrogens (tertiary/aromatic N) is 3. The number of aromatic nitrogens is 2. The van der Waals surface area contributed by atoms with Gasteiger partial charge in [-0.15, -0.1) is 0 Å². The van der Waals surface area contributed by atoms with Gasteiger partial charge in [-0.3, -0.25) is 4.79 Å². The van der Waals surface area contributed by atoms with E-state index in [0.717, 1.165) is 38.8 Å². The summed E-state index contributed by atoms with van der Waals surface area (Å²) >= 11 is 0. The normalized spacial score (nSPS) is 17.7. The van der Waals surface area contributed by atoms with Crippen LogP contribution in [0.5, 0.6) is 0 Å². The Bertz CT molecular complexity index is 742. The van der Waals surface area contributed by atoms with Crippen molar-refractivity contribution >= 4 is 5.91 Å². The minimum Gasteiger partial charge on any atom is -0.342 e.